The summed E-state index contributed by atoms with van der Waals surface area (Å²) in [6, 6.07) is 3.53. The SMILES string of the molecule is C=CCNC(=O)C1(C(=O)NCc2ccco2)CC1. The normalized spacial score (nSPS) is 15.8. The quantitative estimate of drug-likeness (QED) is 0.582. The van der Waals surface area contributed by atoms with Crippen molar-refractivity contribution in [1.82, 2.24) is 10.6 Å². The van der Waals surface area contributed by atoms with Crippen LogP contribution in [-0.4, -0.2) is 18.4 Å². The van der Waals surface area contributed by atoms with Crippen LogP contribution in [0.4, 0.5) is 0 Å². The molecular weight excluding hydrogens is 232 g/mol. The van der Waals surface area contributed by atoms with Crippen LogP contribution in [0.2, 0.25) is 0 Å². The second kappa shape index (κ2) is 5.08. The molecule has 0 atom stereocenters. The minimum Gasteiger partial charge on any atom is -0.467 e. The van der Waals surface area contributed by atoms with E-state index in [0.29, 0.717) is 31.7 Å². The molecule has 0 bridgehead atoms. The number of rotatable bonds is 6. The monoisotopic (exact) mass is 248 g/mol. The number of hydrogen-bond acceptors (Lipinski definition) is 3. The first-order valence-electron chi connectivity index (χ1n) is 5.89. The Hall–Kier alpha value is -2.04. The van der Waals surface area contributed by atoms with Crippen LogP contribution < -0.4 is 10.6 Å². The summed E-state index contributed by atoms with van der Waals surface area (Å²) in [7, 11) is 0. The lowest BCUT2D eigenvalue weighted by Crippen LogP contribution is -2.42. The molecule has 0 radical (unpaired) electrons. The maximum atomic E-state index is 12.0. The molecule has 96 valence electrons. The zero-order valence-electron chi connectivity index (χ0n) is 10.1. The van der Waals surface area contributed by atoms with Gasteiger partial charge in [0, 0.05) is 6.54 Å². The summed E-state index contributed by atoms with van der Waals surface area (Å²) < 4.78 is 5.11. The lowest BCUT2D eigenvalue weighted by atomic mass is 10.1. The van der Waals surface area contributed by atoms with Crippen LogP contribution in [0.5, 0.6) is 0 Å². The maximum absolute atomic E-state index is 12.0. The second-order valence-corrected chi connectivity index (χ2v) is 4.34. The summed E-state index contributed by atoms with van der Waals surface area (Å²) in [5.74, 6) is 0.213. The van der Waals surface area contributed by atoms with Crippen molar-refractivity contribution < 1.29 is 14.0 Å². The summed E-state index contributed by atoms with van der Waals surface area (Å²) in [6.07, 6.45) is 4.33. The van der Waals surface area contributed by atoms with Crippen molar-refractivity contribution in [2.75, 3.05) is 6.54 Å². The summed E-state index contributed by atoms with van der Waals surface area (Å²) in [6.45, 7) is 4.21. The lowest BCUT2D eigenvalue weighted by Gasteiger charge is -2.14. The molecule has 1 heterocycles. The van der Waals surface area contributed by atoms with Crippen molar-refractivity contribution in [2.45, 2.75) is 19.4 Å². The van der Waals surface area contributed by atoms with Crippen LogP contribution in [0.3, 0.4) is 0 Å². The van der Waals surface area contributed by atoms with E-state index >= 15 is 0 Å². The Morgan fingerprint density at radius 1 is 1.39 bits per heavy atom. The Balaban J connectivity index is 1.88. The summed E-state index contributed by atoms with van der Waals surface area (Å²) in [4.78, 5) is 23.8. The molecule has 5 nitrogen and oxygen atoms in total. The van der Waals surface area contributed by atoms with Crippen molar-refractivity contribution in [3.05, 3.63) is 36.8 Å². The number of carbonyl (C=O) groups is 2. The molecule has 1 fully saturated rings. The van der Waals surface area contributed by atoms with E-state index in [0.717, 1.165) is 0 Å². The van der Waals surface area contributed by atoms with Gasteiger partial charge in [-0.2, -0.15) is 0 Å². The fourth-order valence-electron chi connectivity index (χ4n) is 1.77. The van der Waals surface area contributed by atoms with E-state index in [4.69, 9.17) is 4.42 Å². The van der Waals surface area contributed by atoms with E-state index in [-0.39, 0.29) is 11.8 Å². The van der Waals surface area contributed by atoms with Gasteiger partial charge in [0.1, 0.15) is 11.2 Å². The van der Waals surface area contributed by atoms with Gasteiger partial charge in [0.15, 0.2) is 0 Å². The third-order valence-corrected chi connectivity index (χ3v) is 3.03. The first-order chi connectivity index (χ1) is 8.69. The number of amides is 2. The minimum absolute atomic E-state index is 0.223. The smallest absolute Gasteiger partial charge is 0.236 e. The minimum atomic E-state index is -0.879. The van der Waals surface area contributed by atoms with Gasteiger partial charge in [0.05, 0.1) is 12.8 Å². The molecule has 0 saturated heterocycles. The zero-order chi connectivity index (χ0) is 13.0. The van der Waals surface area contributed by atoms with E-state index < -0.39 is 5.41 Å². The highest BCUT2D eigenvalue weighted by Crippen LogP contribution is 2.46. The van der Waals surface area contributed by atoms with Crippen LogP contribution in [0.1, 0.15) is 18.6 Å². The van der Waals surface area contributed by atoms with Gasteiger partial charge in [-0.15, -0.1) is 6.58 Å². The summed E-state index contributed by atoms with van der Waals surface area (Å²) >= 11 is 0. The van der Waals surface area contributed by atoms with E-state index in [9.17, 15) is 9.59 Å². The molecule has 2 N–H and O–H groups in total. The second-order valence-electron chi connectivity index (χ2n) is 4.34. The highest BCUT2D eigenvalue weighted by molar-refractivity contribution is 6.07. The first kappa shape index (κ1) is 12.4. The average molecular weight is 248 g/mol. The molecule has 0 aliphatic heterocycles. The van der Waals surface area contributed by atoms with Crippen LogP contribution in [-0.2, 0) is 16.1 Å². The highest BCUT2D eigenvalue weighted by atomic mass is 16.3. The van der Waals surface area contributed by atoms with Gasteiger partial charge < -0.3 is 15.1 Å². The van der Waals surface area contributed by atoms with E-state index in [1.165, 1.54) is 0 Å². The van der Waals surface area contributed by atoms with Crippen LogP contribution in [0.25, 0.3) is 0 Å². The van der Waals surface area contributed by atoms with Gasteiger partial charge in [-0.25, -0.2) is 0 Å². The van der Waals surface area contributed by atoms with Gasteiger partial charge in [-0.05, 0) is 25.0 Å². The van der Waals surface area contributed by atoms with Crippen molar-refractivity contribution in [3.63, 3.8) is 0 Å². The molecule has 1 saturated carbocycles. The molecule has 0 aromatic carbocycles. The fraction of sp³-hybridized carbons (Fsp3) is 0.385. The molecule has 2 rings (SSSR count). The van der Waals surface area contributed by atoms with E-state index in [1.807, 2.05) is 0 Å². The molecule has 2 amide bonds. The average Bonchev–Trinajstić information content (AvgIpc) is 3.03. The van der Waals surface area contributed by atoms with Crippen LogP contribution in [0.15, 0.2) is 35.5 Å². The van der Waals surface area contributed by atoms with Crippen LogP contribution >= 0.6 is 0 Å². The Kier molecular flexibility index (Phi) is 3.50. The molecule has 0 spiro atoms. The third kappa shape index (κ3) is 2.45. The molecule has 1 aliphatic carbocycles. The number of carbonyl (C=O) groups excluding carboxylic acids is 2. The molecule has 1 aromatic heterocycles. The molecule has 18 heavy (non-hydrogen) atoms. The molecular formula is C13H16N2O3. The Morgan fingerprint density at radius 2 is 2.11 bits per heavy atom. The van der Waals surface area contributed by atoms with Gasteiger partial charge >= 0.3 is 0 Å². The Bertz CT molecular complexity index is 447. The van der Waals surface area contributed by atoms with Gasteiger partial charge in [0.25, 0.3) is 0 Å². The van der Waals surface area contributed by atoms with Gasteiger partial charge in [0.2, 0.25) is 11.8 Å². The number of nitrogens with one attached hydrogen (secondary N) is 2. The van der Waals surface area contributed by atoms with Gasteiger partial charge in [-0.1, -0.05) is 6.08 Å². The number of hydrogen-bond donors (Lipinski definition) is 2. The van der Waals surface area contributed by atoms with Gasteiger partial charge in [-0.3, -0.25) is 9.59 Å². The molecule has 1 aliphatic rings. The zero-order valence-corrected chi connectivity index (χ0v) is 10.1. The predicted octanol–water partition coefficient (Wildman–Crippen LogP) is 0.978. The largest absolute Gasteiger partial charge is 0.467 e. The van der Waals surface area contributed by atoms with E-state index in [2.05, 4.69) is 17.2 Å². The highest BCUT2D eigenvalue weighted by Gasteiger charge is 2.56. The number of furan rings is 1. The summed E-state index contributed by atoms with van der Waals surface area (Å²) in [5, 5.41) is 5.39. The van der Waals surface area contributed by atoms with Crippen LogP contribution in [0, 0.1) is 5.41 Å². The third-order valence-electron chi connectivity index (χ3n) is 3.03. The Labute approximate surface area is 105 Å². The topological polar surface area (TPSA) is 71.3 Å². The molecule has 1 aromatic rings. The standard InChI is InChI=1S/C13H16N2O3/c1-2-7-14-11(16)13(5-6-13)12(17)15-9-10-4-3-8-18-10/h2-4,8H,1,5-7,9H2,(H,14,16)(H,15,17). The van der Waals surface area contributed by atoms with Crippen molar-refractivity contribution in [3.8, 4) is 0 Å². The predicted molar refractivity (Wildman–Crippen MR) is 65.4 cm³/mol. The van der Waals surface area contributed by atoms with Crippen molar-refractivity contribution >= 4 is 11.8 Å². The fourth-order valence-corrected chi connectivity index (χ4v) is 1.77. The lowest BCUT2D eigenvalue weighted by molar-refractivity contribution is -0.137. The van der Waals surface area contributed by atoms with E-state index in [1.54, 1.807) is 24.5 Å². The summed E-state index contributed by atoms with van der Waals surface area (Å²) in [5.41, 5.74) is -0.879. The Morgan fingerprint density at radius 3 is 2.67 bits per heavy atom. The van der Waals surface area contributed by atoms with Crippen molar-refractivity contribution in [2.24, 2.45) is 5.41 Å². The molecule has 0 unspecified atom stereocenters. The first-order valence-corrected chi connectivity index (χ1v) is 5.89. The molecule has 5 heteroatoms. The maximum Gasteiger partial charge on any atom is 0.236 e. The van der Waals surface area contributed by atoms with Crippen molar-refractivity contribution in [1.29, 1.82) is 0 Å².